The first kappa shape index (κ1) is 18.4. The van der Waals surface area contributed by atoms with Crippen LogP contribution in [0, 0.1) is 5.92 Å². The lowest BCUT2D eigenvalue weighted by atomic mass is 9.95. The van der Waals surface area contributed by atoms with Crippen molar-refractivity contribution >= 4 is 23.2 Å². The number of aryl methyl sites for hydroxylation is 2. The van der Waals surface area contributed by atoms with E-state index in [1.807, 2.05) is 11.8 Å². The van der Waals surface area contributed by atoms with Gasteiger partial charge in [0, 0.05) is 43.6 Å². The van der Waals surface area contributed by atoms with Gasteiger partial charge in [0.05, 0.1) is 4.88 Å². The van der Waals surface area contributed by atoms with Gasteiger partial charge in [-0.1, -0.05) is 0 Å². The van der Waals surface area contributed by atoms with Crippen molar-refractivity contribution in [3.05, 3.63) is 21.4 Å². The highest BCUT2D eigenvalue weighted by atomic mass is 32.1. The van der Waals surface area contributed by atoms with Crippen molar-refractivity contribution in [3.63, 3.8) is 0 Å². The molecule has 1 saturated heterocycles. The summed E-state index contributed by atoms with van der Waals surface area (Å²) in [4.78, 5) is 29.1. The van der Waals surface area contributed by atoms with Crippen LogP contribution in [0.2, 0.25) is 0 Å². The molecule has 0 spiro atoms. The Morgan fingerprint density at radius 2 is 2.12 bits per heavy atom. The quantitative estimate of drug-likeness (QED) is 0.757. The van der Waals surface area contributed by atoms with Crippen molar-refractivity contribution in [2.45, 2.75) is 45.4 Å². The standard InChI is InChI=1S/C19H28N2O3S/c1-2-24-12-4-9-20-18(22)14-7-10-21(11-8-14)19(23)17-13-15-5-3-6-16(15)25-17/h13-14H,2-12H2,1H3,(H,20,22). The average molecular weight is 365 g/mol. The molecule has 0 aromatic carbocycles. The topological polar surface area (TPSA) is 58.6 Å². The highest BCUT2D eigenvalue weighted by Crippen LogP contribution is 2.32. The van der Waals surface area contributed by atoms with E-state index < -0.39 is 0 Å². The number of nitrogens with zero attached hydrogens (tertiary/aromatic N) is 1. The van der Waals surface area contributed by atoms with Crippen molar-refractivity contribution in [1.82, 2.24) is 10.2 Å². The largest absolute Gasteiger partial charge is 0.382 e. The van der Waals surface area contributed by atoms with E-state index >= 15 is 0 Å². The summed E-state index contributed by atoms with van der Waals surface area (Å²) in [5, 5.41) is 2.99. The molecule has 2 aliphatic rings. The Balaban J connectivity index is 1.41. The molecular weight excluding hydrogens is 336 g/mol. The van der Waals surface area contributed by atoms with Crippen LogP contribution in [0.25, 0.3) is 0 Å². The molecule has 0 unspecified atom stereocenters. The predicted octanol–water partition coefficient (Wildman–Crippen LogP) is 2.63. The van der Waals surface area contributed by atoms with Crippen LogP contribution in [0.4, 0.5) is 0 Å². The Bertz CT molecular complexity index is 584. The molecule has 0 saturated carbocycles. The van der Waals surface area contributed by atoms with E-state index in [4.69, 9.17) is 4.74 Å². The molecule has 1 fully saturated rings. The lowest BCUT2D eigenvalue weighted by Crippen LogP contribution is -2.43. The molecule has 138 valence electrons. The van der Waals surface area contributed by atoms with Gasteiger partial charge in [-0.25, -0.2) is 0 Å². The Morgan fingerprint density at radius 3 is 2.84 bits per heavy atom. The second kappa shape index (κ2) is 8.81. The Hall–Kier alpha value is -1.40. The van der Waals surface area contributed by atoms with Gasteiger partial charge in [0.15, 0.2) is 0 Å². The molecule has 25 heavy (non-hydrogen) atoms. The first-order valence-electron chi connectivity index (χ1n) is 9.45. The van der Waals surface area contributed by atoms with Crippen molar-refractivity contribution in [2.24, 2.45) is 5.92 Å². The van der Waals surface area contributed by atoms with E-state index in [0.29, 0.717) is 32.8 Å². The molecular formula is C19H28N2O3S. The Labute approximate surface area is 153 Å². The van der Waals surface area contributed by atoms with Gasteiger partial charge in [-0.15, -0.1) is 11.3 Å². The van der Waals surface area contributed by atoms with E-state index in [2.05, 4.69) is 11.4 Å². The molecule has 1 aliphatic carbocycles. The number of fused-ring (bicyclic) bond motifs is 1. The number of rotatable bonds is 7. The van der Waals surface area contributed by atoms with Crippen LogP contribution in [-0.4, -0.2) is 49.6 Å². The second-order valence-electron chi connectivity index (χ2n) is 6.82. The fraction of sp³-hybridized carbons (Fsp3) is 0.684. The van der Waals surface area contributed by atoms with E-state index in [0.717, 1.165) is 37.0 Å². The summed E-state index contributed by atoms with van der Waals surface area (Å²) in [5.74, 6) is 0.304. The first-order valence-corrected chi connectivity index (χ1v) is 10.3. The molecule has 0 atom stereocenters. The molecule has 1 N–H and O–H groups in total. The van der Waals surface area contributed by atoms with Gasteiger partial charge in [0.1, 0.15) is 0 Å². The minimum atomic E-state index is 0.0319. The van der Waals surface area contributed by atoms with E-state index in [1.54, 1.807) is 11.3 Å². The number of likely N-dealkylation sites (tertiary alicyclic amines) is 1. The molecule has 1 aromatic heterocycles. The lowest BCUT2D eigenvalue weighted by Gasteiger charge is -2.31. The molecule has 1 aliphatic heterocycles. The number of nitrogens with one attached hydrogen (secondary N) is 1. The summed E-state index contributed by atoms with van der Waals surface area (Å²) in [6, 6.07) is 2.09. The van der Waals surface area contributed by atoms with Crippen molar-refractivity contribution < 1.29 is 14.3 Å². The third kappa shape index (κ3) is 4.61. The summed E-state index contributed by atoms with van der Waals surface area (Å²) >= 11 is 1.67. The fourth-order valence-corrected chi connectivity index (χ4v) is 4.83. The normalized spacial score (nSPS) is 17.6. The van der Waals surface area contributed by atoms with Crippen LogP contribution in [0.3, 0.4) is 0 Å². The molecule has 3 rings (SSSR count). The number of thiophene rings is 1. The molecule has 5 nitrogen and oxygen atoms in total. The van der Waals surface area contributed by atoms with E-state index in [9.17, 15) is 9.59 Å². The predicted molar refractivity (Wildman–Crippen MR) is 99.1 cm³/mol. The number of ether oxygens (including phenoxy) is 1. The molecule has 6 heteroatoms. The Morgan fingerprint density at radius 1 is 1.32 bits per heavy atom. The number of hydrogen-bond donors (Lipinski definition) is 1. The highest BCUT2D eigenvalue weighted by molar-refractivity contribution is 7.14. The smallest absolute Gasteiger partial charge is 0.263 e. The van der Waals surface area contributed by atoms with Gasteiger partial charge >= 0.3 is 0 Å². The van der Waals surface area contributed by atoms with Gasteiger partial charge < -0.3 is 15.0 Å². The lowest BCUT2D eigenvalue weighted by molar-refractivity contribution is -0.126. The summed E-state index contributed by atoms with van der Waals surface area (Å²) < 4.78 is 5.27. The minimum Gasteiger partial charge on any atom is -0.382 e. The average Bonchev–Trinajstić information content (AvgIpc) is 3.23. The van der Waals surface area contributed by atoms with E-state index in [-0.39, 0.29) is 17.7 Å². The Kier molecular flexibility index (Phi) is 6.48. The minimum absolute atomic E-state index is 0.0319. The summed E-state index contributed by atoms with van der Waals surface area (Å²) in [5.41, 5.74) is 1.37. The molecule has 0 radical (unpaired) electrons. The van der Waals surface area contributed by atoms with Gasteiger partial charge in [0.2, 0.25) is 5.91 Å². The molecule has 1 aromatic rings. The SMILES string of the molecule is CCOCCCNC(=O)C1CCN(C(=O)c2cc3c(s2)CCC3)CC1. The zero-order valence-electron chi connectivity index (χ0n) is 15.0. The van der Waals surface area contributed by atoms with Gasteiger partial charge in [-0.2, -0.15) is 0 Å². The molecule has 0 bridgehead atoms. The van der Waals surface area contributed by atoms with Crippen LogP contribution in [0.15, 0.2) is 6.07 Å². The van der Waals surface area contributed by atoms with Crippen LogP contribution >= 0.6 is 11.3 Å². The van der Waals surface area contributed by atoms with Crippen LogP contribution < -0.4 is 5.32 Å². The van der Waals surface area contributed by atoms with E-state index in [1.165, 1.54) is 16.9 Å². The van der Waals surface area contributed by atoms with Crippen molar-refractivity contribution in [2.75, 3.05) is 32.8 Å². The molecule has 2 amide bonds. The third-order valence-electron chi connectivity index (χ3n) is 5.08. The van der Waals surface area contributed by atoms with Gasteiger partial charge in [0.25, 0.3) is 5.91 Å². The van der Waals surface area contributed by atoms with Crippen molar-refractivity contribution in [1.29, 1.82) is 0 Å². The van der Waals surface area contributed by atoms with Crippen molar-refractivity contribution in [3.8, 4) is 0 Å². The second-order valence-corrected chi connectivity index (χ2v) is 7.96. The highest BCUT2D eigenvalue weighted by Gasteiger charge is 2.29. The number of piperidine rings is 1. The van der Waals surface area contributed by atoms with Gasteiger partial charge in [-0.3, -0.25) is 9.59 Å². The maximum Gasteiger partial charge on any atom is 0.263 e. The van der Waals surface area contributed by atoms with Crippen LogP contribution in [-0.2, 0) is 22.4 Å². The van der Waals surface area contributed by atoms with Crippen LogP contribution in [0.1, 0.15) is 52.7 Å². The number of carbonyl (C=O) groups is 2. The first-order chi connectivity index (χ1) is 12.2. The number of hydrogen-bond acceptors (Lipinski definition) is 4. The zero-order chi connectivity index (χ0) is 17.6. The third-order valence-corrected chi connectivity index (χ3v) is 6.30. The van der Waals surface area contributed by atoms with Crippen LogP contribution in [0.5, 0.6) is 0 Å². The monoisotopic (exact) mass is 364 g/mol. The number of amides is 2. The fourth-order valence-electron chi connectivity index (χ4n) is 3.61. The zero-order valence-corrected chi connectivity index (χ0v) is 15.8. The summed E-state index contributed by atoms with van der Waals surface area (Å²) in [6.07, 6.45) is 5.83. The number of carbonyl (C=O) groups excluding carboxylic acids is 2. The maximum atomic E-state index is 12.7. The maximum absolute atomic E-state index is 12.7. The summed E-state index contributed by atoms with van der Waals surface area (Å²) in [6.45, 7) is 5.40. The van der Waals surface area contributed by atoms with Gasteiger partial charge in [-0.05, 0) is 57.1 Å². The summed E-state index contributed by atoms with van der Waals surface area (Å²) in [7, 11) is 0. The molecule has 2 heterocycles.